The van der Waals surface area contributed by atoms with Gasteiger partial charge >= 0.3 is 5.97 Å². The number of rotatable bonds is 3. The minimum absolute atomic E-state index is 0.0192. The first-order valence-electron chi connectivity index (χ1n) is 4.05. The third-order valence-electron chi connectivity index (χ3n) is 1.72. The van der Waals surface area contributed by atoms with Gasteiger partial charge in [0, 0.05) is 11.8 Å². The fraction of sp³-hybridized carbons (Fsp3) is 0.111. The molecular formula is C9H8N2O2S. The van der Waals surface area contributed by atoms with Crippen molar-refractivity contribution < 1.29 is 9.90 Å². The zero-order chi connectivity index (χ0) is 9.97. The number of carbonyl (C=O) groups is 1. The van der Waals surface area contributed by atoms with Crippen molar-refractivity contribution in [1.82, 2.24) is 9.78 Å². The van der Waals surface area contributed by atoms with Gasteiger partial charge in [-0.15, -0.1) is 11.3 Å². The van der Waals surface area contributed by atoms with Crippen LogP contribution in [-0.4, -0.2) is 20.9 Å². The smallest absolute Gasteiger partial charge is 0.307 e. The molecule has 0 atom stereocenters. The number of carboxylic acids is 1. The summed E-state index contributed by atoms with van der Waals surface area (Å²) < 4.78 is 1.68. The highest BCUT2D eigenvalue weighted by Gasteiger charge is 2.04. The Balaban J connectivity index is 2.22. The molecule has 2 aromatic heterocycles. The Morgan fingerprint density at radius 3 is 3.14 bits per heavy atom. The maximum absolute atomic E-state index is 10.4. The molecule has 0 aliphatic rings. The van der Waals surface area contributed by atoms with Crippen molar-refractivity contribution >= 4 is 17.3 Å². The summed E-state index contributed by atoms with van der Waals surface area (Å²) in [6.07, 6.45) is 3.33. The summed E-state index contributed by atoms with van der Waals surface area (Å²) in [5.74, 6) is -0.837. The Kier molecular flexibility index (Phi) is 2.32. The van der Waals surface area contributed by atoms with Gasteiger partial charge in [0.2, 0.25) is 0 Å². The fourth-order valence-corrected chi connectivity index (χ4v) is 1.81. The highest BCUT2D eigenvalue weighted by molar-refractivity contribution is 7.12. The molecule has 0 spiro atoms. The van der Waals surface area contributed by atoms with Crippen LogP contribution >= 0.6 is 11.3 Å². The van der Waals surface area contributed by atoms with Gasteiger partial charge in [-0.05, 0) is 17.5 Å². The molecule has 1 N–H and O–H groups in total. The van der Waals surface area contributed by atoms with E-state index in [0.29, 0.717) is 5.56 Å². The third-order valence-corrected chi connectivity index (χ3v) is 2.58. The monoisotopic (exact) mass is 208 g/mol. The number of nitrogens with zero attached hydrogens (tertiary/aromatic N) is 2. The Morgan fingerprint density at radius 2 is 2.50 bits per heavy atom. The Bertz CT molecular complexity index is 433. The van der Waals surface area contributed by atoms with Crippen molar-refractivity contribution in [3.8, 4) is 5.00 Å². The van der Waals surface area contributed by atoms with Crippen molar-refractivity contribution in [2.24, 2.45) is 0 Å². The predicted molar refractivity (Wildman–Crippen MR) is 52.8 cm³/mol. The molecule has 0 amide bonds. The Hall–Kier alpha value is -1.62. The van der Waals surface area contributed by atoms with E-state index in [4.69, 9.17) is 5.11 Å². The van der Waals surface area contributed by atoms with Gasteiger partial charge in [0.25, 0.3) is 0 Å². The van der Waals surface area contributed by atoms with E-state index < -0.39 is 5.97 Å². The predicted octanol–water partition coefficient (Wildman–Crippen LogP) is 1.56. The first-order valence-corrected chi connectivity index (χ1v) is 4.93. The molecule has 0 saturated heterocycles. The summed E-state index contributed by atoms with van der Waals surface area (Å²) in [4.78, 5) is 10.4. The average Bonchev–Trinajstić information content (AvgIpc) is 2.69. The van der Waals surface area contributed by atoms with Gasteiger partial charge in [-0.3, -0.25) is 4.79 Å². The molecule has 14 heavy (non-hydrogen) atoms. The quantitative estimate of drug-likeness (QED) is 0.832. The normalized spacial score (nSPS) is 10.3. The van der Waals surface area contributed by atoms with Gasteiger partial charge in [-0.2, -0.15) is 5.10 Å². The van der Waals surface area contributed by atoms with Crippen LogP contribution in [0.25, 0.3) is 5.00 Å². The summed E-state index contributed by atoms with van der Waals surface area (Å²) in [5.41, 5.74) is 0.714. The molecular weight excluding hydrogens is 200 g/mol. The van der Waals surface area contributed by atoms with E-state index in [1.165, 1.54) is 0 Å². The molecule has 0 aliphatic heterocycles. The number of aromatic nitrogens is 2. The van der Waals surface area contributed by atoms with E-state index in [-0.39, 0.29) is 6.42 Å². The maximum atomic E-state index is 10.4. The van der Waals surface area contributed by atoms with Crippen LogP contribution < -0.4 is 0 Å². The molecule has 2 rings (SSSR count). The SMILES string of the molecule is O=C(O)Cc1cnn(-c2cccs2)c1. The fourth-order valence-electron chi connectivity index (χ4n) is 1.15. The molecule has 72 valence electrons. The third kappa shape index (κ3) is 1.82. The average molecular weight is 208 g/mol. The van der Waals surface area contributed by atoms with Crippen LogP contribution in [0.15, 0.2) is 29.9 Å². The molecule has 0 saturated carbocycles. The van der Waals surface area contributed by atoms with Crippen LogP contribution in [0.4, 0.5) is 0 Å². The van der Waals surface area contributed by atoms with Gasteiger partial charge < -0.3 is 5.11 Å². The summed E-state index contributed by atoms with van der Waals surface area (Å²) in [6.45, 7) is 0. The van der Waals surface area contributed by atoms with Crippen LogP contribution in [-0.2, 0) is 11.2 Å². The molecule has 0 aliphatic carbocycles. The molecule has 2 aromatic rings. The molecule has 2 heterocycles. The standard InChI is InChI=1S/C9H8N2O2S/c12-9(13)4-7-5-10-11(6-7)8-2-1-3-14-8/h1-3,5-6H,4H2,(H,12,13). The lowest BCUT2D eigenvalue weighted by molar-refractivity contribution is -0.136. The zero-order valence-corrected chi connectivity index (χ0v) is 8.07. The van der Waals surface area contributed by atoms with E-state index in [1.54, 1.807) is 28.4 Å². The highest BCUT2D eigenvalue weighted by Crippen LogP contribution is 2.14. The van der Waals surface area contributed by atoms with Gasteiger partial charge in [0.1, 0.15) is 5.00 Å². The van der Waals surface area contributed by atoms with E-state index in [2.05, 4.69) is 5.10 Å². The maximum Gasteiger partial charge on any atom is 0.307 e. The van der Waals surface area contributed by atoms with Crippen LogP contribution in [0.5, 0.6) is 0 Å². The number of aliphatic carboxylic acids is 1. The molecule has 0 fully saturated rings. The molecule has 5 heteroatoms. The van der Waals surface area contributed by atoms with E-state index in [0.717, 1.165) is 5.00 Å². The van der Waals surface area contributed by atoms with Crippen LogP contribution in [0, 0.1) is 0 Å². The highest BCUT2D eigenvalue weighted by atomic mass is 32.1. The number of hydrogen-bond donors (Lipinski definition) is 1. The number of thiophene rings is 1. The van der Waals surface area contributed by atoms with Crippen molar-refractivity contribution in [1.29, 1.82) is 0 Å². The van der Waals surface area contributed by atoms with Gasteiger partial charge in [-0.1, -0.05) is 0 Å². The molecule has 0 aromatic carbocycles. The van der Waals surface area contributed by atoms with Crippen molar-refractivity contribution in [3.63, 3.8) is 0 Å². The summed E-state index contributed by atoms with van der Waals surface area (Å²) in [6, 6.07) is 3.86. The lowest BCUT2D eigenvalue weighted by atomic mass is 10.3. The van der Waals surface area contributed by atoms with Gasteiger partial charge in [-0.25, -0.2) is 4.68 Å². The van der Waals surface area contributed by atoms with Crippen molar-refractivity contribution in [3.05, 3.63) is 35.5 Å². The largest absolute Gasteiger partial charge is 0.481 e. The Morgan fingerprint density at radius 1 is 1.64 bits per heavy atom. The zero-order valence-electron chi connectivity index (χ0n) is 7.25. The van der Waals surface area contributed by atoms with Crippen molar-refractivity contribution in [2.45, 2.75) is 6.42 Å². The van der Waals surface area contributed by atoms with Crippen LogP contribution in [0.2, 0.25) is 0 Å². The molecule has 0 unspecified atom stereocenters. The first kappa shape index (κ1) is 8.96. The number of hydrogen-bond acceptors (Lipinski definition) is 3. The second-order valence-corrected chi connectivity index (χ2v) is 3.74. The van der Waals surface area contributed by atoms with Crippen LogP contribution in [0.1, 0.15) is 5.56 Å². The Labute approximate surface area is 84.4 Å². The van der Waals surface area contributed by atoms with Gasteiger partial charge in [0.15, 0.2) is 0 Å². The van der Waals surface area contributed by atoms with E-state index in [1.807, 2.05) is 17.5 Å². The molecule has 0 bridgehead atoms. The van der Waals surface area contributed by atoms with Crippen molar-refractivity contribution in [2.75, 3.05) is 0 Å². The van der Waals surface area contributed by atoms with Gasteiger partial charge in [0.05, 0.1) is 12.6 Å². The summed E-state index contributed by atoms with van der Waals surface area (Å²) >= 11 is 1.56. The summed E-state index contributed by atoms with van der Waals surface area (Å²) in [7, 11) is 0. The van der Waals surface area contributed by atoms with E-state index >= 15 is 0 Å². The first-order chi connectivity index (χ1) is 6.75. The number of carboxylic acid groups (broad SMARTS) is 1. The second-order valence-electron chi connectivity index (χ2n) is 2.81. The molecule has 0 radical (unpaired) electrons. The van der Waals surface area contributed by atoms with E-state index in [9.17, 15) is 4.79 Å². The topological polar surface area (TPSA) is 55.1 Å². The lowest BCUT2D eigenvalue weighted by Gasteiger charge is -1.93. The molecule has 4 nitrogen and oxygen atoms in total. The minimum atomic E-state index is -0.837. The summed E-state index contributed by atoms with van der Waals surface area (Å²) in [5, 5.41) is 15.6. The minimum Gasteiger partial charge on any atom is -0.481 e. The lowest BCUT2D eigenvalue weighted by Crippen LogP contribution is -1.98. The second kappa shape index (κ2) is 3.63. The van der Waals surface area contributed by atoms with Crippen LogP contribution in [0.3, 0.4) is 0 Å².